The molecule has 0 radical (unpaired) electrons. The van der Waals surface area contributed by atoms with Crippen LogP contribution in [-0.4, -0.2) is 18.4 Å². The van der Waals surface area contributed by atoms with E-state index in [1.165, 1.54) is 6.07 Å². The maximum Gasteiger partial charge on any atom is 0.159 e. The summed E-state index contributed by atoms with van der Waals surface area (Å²) in [6, 6.07) is 3.91. The number of halogens is 2. The van der Waals surface area contributed by atoms with Gasteiger partial charge in [-0.15, -0.1) is 0 Å². The standard InChI is InChI=1S/C12H13F2NO/c13-11-2-1-8(6-12(11)14)5-9-7-10(16)3-4-15-9/h1-2,6,9,15H,3-5,7H2. The first-order chi connectivity index (χ1) is 7.65. The van der Waals surface area contributed by atoms with Gasteiger partial charge in [-0.05, 0) is 24.1 Å². The minimum absolute atomic E-state index is 0.0473. The van der Waals surface area contributed by atoms with E-state index in [2.05, 4.69) is 5.32 Å². The average Bonchev–Trinajstić information content (AvgIpc) is 2.24. The molecule has 1 aliphatic heterocycles. The summed E-state index contributed by atoms with van der Waals surface area (Å²) in [4.78, 5) is 11.2. The number of benzene rings is 1. The lowest BCUT2D eigenvalue weighted by Gasteiger charge is -2.22. The van der Waals surface area contributed by atoms with Gasteiger partial charge in [0, 0.05) is 25.4 Å². The van der Waals surface area contributed by atoms with Crippen molar-refractivity contribution in [2.24, 2.45) is 0 Å². The van der Waals surface area contributed by atoms with E-state index >= 15 is 0 Å². The molecule has 1 saturated heterocycles. The van der Waals surface area contributed by atoms with Crippen LogP contribution in [-0.2, 0) is 11.2 Å². The Labute approximate surface area is 92.7 Å². The maximum absolute atomic E-state index is 12.9. The van der Waals surface area contributed by atoms with E-state index in [0.29, 0.717) is 31.4 Å². The monoisotopic (exact) mass is 225 g/mol. The van der Waals surface area contributed by atoms with Crippen LogP contribution >= 0.6 is 0 Å². The van der Waals surface area contributed by atoms with Crippen LogP contribution in [0.3, 0.4) is 0 Å². The molecular formula is C12H13F2NO. The third kappa shape index (κ3) is 2.64. The van der Waals surface area contributed by atoms with Gasteiger partial charge in [0.1, 0.15) is 5.78 Å². The Kier molecular flexibility index (Phi) is 3.29. The second kappa shape index (κ2) is 4.70. The number of nitrogens with one attached hydrogen (secondary N) is 1. The van der Waals surface area contributed by atoms with E-state index in [-0.39, 0.29) is 11.8 Å². The number of rotatable bonds is 2. The first-order valence-corrected chi connectivity index (χ1v) is 5.34. The molecule has 1 aromatic carbocycles. The third-order valence-corrected chi connectivity index (χ3v) is 2.78. The van der Waals surface area contributed by atoms with Gasteiger partial charge in [0.25, 0.3) is 0 Å². The fourth-order valence-corrected chi connectivity index (χ4v) is 1.96. The van der Waals surface area contributed by atoms with Crippen molar-refractivity contribution in [3.05, 3.63) is 35.4 Å². The molecule has 1 N–H and O–H groups in total. The quantitative estimate of drug-likeness (QED) is 0.832. The molecule has 1 heterocycles. The van der Waals surface area contributed by atoms with Crippen LogP contribution in [0, 0.1) is 11.6 Å². The van der Waals surface area contributed by atoms with Crippen molar-refractivity contribution in [1.82, 2.24) is 5.32 Å². The van der Waals surface area contributed by atoms with Crippen LogP contribution < -0.4 is 5.32 Å². The maximum atomic E-state index is 12.9. The van der Waals surface area contributed by atoms with Crippen molar-refractivity contribution in [3.63, 3.8) is 0 Å². The summed E-state index contributed by atoms with van der Waals surface area (Å²) in [5.74, 6) is -1.44. The number of Topliss-reactive ketones (excluding diaryl/α,β-unsaturated/α-hetero) is 1. The molecule has 1 aliphatic rings. The molecule has 0 aromatic heterocycles. The highest BCUT2D eigenvalue weighted by atomic mass is 19.2. The molecule has 2 nitrogen and oxygen atoms in total. The van der Waals surface area contributed by atoms with Crippen molar-refractivity contribution in [1.29, 1.82) is 0 Å². The minimum Gasteiger partial charge on any atom is -0.313 e. The third-order valence-electron chi connectivity index (χ3n) is 2.78. The van der Waals surface area contributed by atoms with Gasteiger partial charge >= 0.3 is 0 Å². The molecule has 16 heavy (non-hydrogen) atoms. The molecule has 0 bridgehead atoms. The van der Waals surface area contributed by atoms with Crippen LogP contribution in [0.5, 0.6) is 0 Å². The largest absolute Gasteiger partial charge is 0.313 e. The van der Waals surface area contributed by atoms with Crippen LogP contribution in [0.4, 0.5) is 8.78 Å². The minimum atomic E-state index is -0.837. The lowest BCUT2D eigenvalue weighted by molar-refractivity contribution is -0.120. The van der Waals surface area contributed by atoms with Crippen molar-refractivity contribution >= 4 is 5.78 Å². The Bertz CT molecular complexity index is 406. The molecule has 86 valence electrons. The Morgan fingerprint density at radius 3 is 2.81 bits per heavy atom. The van der Waals surface area contributed by atoms with Crippen LogP contribution in [0.1, 0.15) is 18.4 Å². The molecule has 0 amide bonds. The zero-order chi connectivity index (χ0) is 11.5. The molecule has 4 heteroatoms. The number of hydrogen-bond acceptors (Lipinski definition) is 2. The predicted octanol–water partition coefficient (Wildman–Crippen LogP) is 1.83. The smallest absolute Gasteiger partial charge is 0.159 e. The van der Waals surface area contributed by atoms with Gasteiger partial charge in [-0.25, -0.2) is 8.78 Å². The van der Waals surface area contributed by atoms with Gasteiger partial charge in [0.2, 0.25) is 0 Å². The summed E-state index contributed by atoms with van der Waals surface area (Å²) < 4.78 is 25.6. The summed E-state index contributed by atoms with van der Waals surface area (Å²) in [7, 11) is 0. The van der Waals surface area contributed by atoms with Crippen LogP contribution in [0.15, 0.2) is 18.2 Å². The molecular weight excluding hydrogens is 212 g/mol. The van der Waals surface area contributed by atoms with Crippen molar-refractivity contribution in [3.8, 4) is 0 Å². The summed E-state index contributed by atoms with van der Waals surface area (Å²) >= 11 is 0. The summed E-state index contributed by atoms with van der Waals surface area (Å²) in [6.07, 6.45) is 1.59. The summed E-state index contributed by atoms with van der Waals surface area (Å²) in [6.45, 7) is 0.674. The van der Waals surface area contributed by atoms with Gasteiger partial charge < -0.3 is 5.32 Å². The first-order valence-electron chi connectivity index (χ1n) is 5.34. The second-order valence-corrected chi connectivity index (χ2v) is 4.10. The number of piperidine rings is 1. The van der Waals surface area contributed by atoms with Gasteiger partial charge in [0.05, 0.1) is 0 Å². The Hall–Kier alpha value is -1.29. The highest BCUT2D eigenvalue weighted by Gasteiger charge is 2.19. The van der Waals surface area contributed by atoms with Crippen molar-refractivity contribution in [2.45, 2.75) is 25.3 Å². The van der Waals surface area contributed by atoms with Crippen molar-refractivity contribution in [2.75, 3.05) is 6.54 Å². The van der Waals surface area contributed by atoms with E-state index in [1.807, 2.05) is 0 Å². The van der Waals surface area contributed by atoms with E-state index in [0.717, 1.165) is 6.07 Å². The molecule has 2 rings (SSSR count). The molecule has 0 saturated carbocycles. The van der Waals surface area contributed by atoms with Crippen molar-refractivity contribution < 1.29 is 13.6 Å². The normalized spacial score (nSPS) is 21.1. The van der Waals surface area contributed by atoms with E-state index in [1.54, 1.807) is 6.07 Å². The first kappa shape index (κ1) is 11.2. The predicted molar refractivity (Wildman–Crippen MR) is 56.1 cm³/mol. The van der Waals surface area contributed by atoms with E-state index in [4.69, 9.17) is 0 Å². The summed E-state index contributed by atoms with van der Waals surface area (Å²) in [5.41, 5.74) is 0.714. The fraction of sp³-hybridized carbons (Fsp3) is 0.417. The van der Waals surface area contributed by atoms with Gasteiger partial charge in [-0.3, -0.25) is 4.79 Å². The molecule has 1 atom stereocenters. The zero-order valence-electron chi connectivity index (χ0n) is 8.80. The Balaban J connectivity index is 2.03. The molecule has 1 aromatic rings. The molecule has 1 unspecified atom stereocenters. The summed E-state index contributed by atoms with van der Waals surface area (Å²) in [5, 5.41) is 3.20. The molecule has 0 aliphatic carbocycles. The zero-order valence-corrected chi connectivity index (χ0v) is 8.80. The molecule has 0 spiro atoms. The average molecular weight is 225 g/mol. The second-order valence-electron chi connectivity index (χ2n) is 4.10. The van der Waals surface area contributed by atoms with Gasteiger partial charge in [0.15, 0.2) is 11.6 Å². The van der Waals surface area contributed by atoms with E-state index < -0.39 is 11.6 Å². The fourth-order valence-electron chi connectivity index (χ4n) is 1.96. The number of carbonyl (C=O) groups excluding carboxylic acids is 1. The number of hydrogen-bond donors (Lipinski definition) is 1. The van der Waals surface area contributed by atoms with E-state index in [9.17, 15) is 13.6 Å². The number of carbonyl (C=O) groups is 1. The van der Waals surface area contributed by atoms with Crippen LogP contribution in [0.25, 0.3) is 0 Å². The number of ketones is 1. The van der Waals surface area contributed by atoms with Gasteiger partial charge in [-0.2, -0.15) is 0 Å². The Morgan fingerprint density at radius 1 is 1.31 bits per heavy atom. The lowest BCUT2D eigenvalue weighted by atomic mass is 9.97. The topological polar surface area (TPSA) is 29.1 Å². The highest BCUT2D eigenvalue weighted by molar-refractivity contribution is 5.80. The lowest BCUT2D eigenvalue weighted by Crippen LogP contribution is -2.39. The SMILES string of the molecule is O=C1CCNC(Cc2ccc(F)c(F)c2)C1. The molecule has 1 fully saturated rings. The Morgan fingerprint density at radius 2 is 2.12 bits per heavy atom. The van der Waals surface area contributed by atoms with Gasteiger partial charge in [-0.1, -0.05) is 6.07 Å². The highest BCUT2D eigenvalue weighted by Crippen LogP contribution is 2.13. The van der Waals surface area contributed by atoms with Crippen LogP contribution in [0.2, 0.25) is 0 Å².